The molecule has 1 amide bonds. The van der Waals surface area contributed by atoms with E-state index in [1.165, 1.54) is 18.2 Å². The fraction of sp³-hybridized carbons (Fsp3) is 0.318. The van der Waals surface area contributed by atoms with Gasteiger partial charge >= 0.3 is 12.3 Å². The highest BCUT2D eigenvalue weighted by Crippen LogP contribution is 2.29. The number of halogens is 4. The maximum Gasteiger partial charge on any atom is 0.416 e. The summed E-state index contributed by atoms with van der Waals surface area (Å²) in [5, 5.41) is 10.3. The van der Waals surface area contributed by atoms with Gasteiger partial charge in [-0.1, -0.05) is 23.7 Å². The molecule has 2 rings (SSSR count). The first kappa shape index (κ1) is 26.8. The van der Waals surface area contributed by atoms with Crippen LogP contribution < -0.4 is 21.5 Å². The lowest BCUT2D eigenvalue weighted by Crippen LogP contribution is -2.35. The van der Waals surface area contributed by atoms with Crippen molar-refractivity contribution in [1.82, 2.24) is 5.32 Å². The Balaban J connectivity index is 2.13. The first-order chi connectivity index (χ1) is 15.7. The van der Waals surface area contributed by atoms with E-state index in [-0.39, 0.29) is 29.8 Å². The summed E-state index contributed by atoms with van der Waals surface area (Å²) >= 11 is 6.37. The van der Waals surface area contributed by atoms with Crippen LogP contribution in [0, 0.1) is 0 Å². The number of hydrogen-bond donors (Lipinski definition) is 3. The monoisotopic (exact) mass is 499 g/mol. The quantitative estimate of drug-likeness (QED) is 0.295. The number of hydrogen-bond acceptors (Lipinski definition) is 5. The van der Waals surface area contributed by atoms with Gasteiger partial charge in [0.05, 0.1) is 22.8 Å². The molecule has 0 bridgehead atoms. The summed E-state index contributed by atoms with van der Waals surface area (Å²) in [6, 6.07) is 9.31. The average molecular weight is 500 g/mol. The third kappa shape index (κ3) is 8.81. The highest BCUT2D eigenvalue weighted by molar-refractivity contribution is 6.34. The number of amides is 1. The fourth-order valence-corrected chi connectivity index (χ4v) is 2.83. The number of benzene rings is 2. The third-order valence-electron chi connectivity index (χ3n) is 4.02. The first-order valence-electron chi connectivity index (χ1n) is 9.96. The van der Waals surface area contributed by atoms with E-state index in [0.717, 1.165) is 12.1 Å². The van der Waals surface area contributed by atoms with Crippen LogP contribution in [0.4, 0.5) is 18.0 Å². The van der Waals surface area contributed by atoms with Crippen LogP contribution in [0.5, 0.6) is 5.75 Å². The van der Waals surface area contributed by atoms with Crippen LogP contribution in [0.3, 0.4) is 0 Å². The summed E-state index contributed by atoms with van der Waals surface area (Å²) in [6.45, 7) is 5.12. The van der Waals surface area contributed by atoms with Crippen molar-refractivity contribution in [3.63, 3.8) is 0 Å². The zero-order chi connectivity index (χ0) is 25.5. The predicted molar refractivity (Wildman–Crippen MR) is 124 cm³/mol. The van der Waals surface area contributed by atoms with Crippen molar-refractivity contribution in [2.24, 2.45) is 21.7 Å². The summed E-state index contributed by atoms with van der Waals surface area (Å²) in [5.74, 6) is 0.0809. The molecular formula is C22H25ClF3N5O3. The molecule has 2 aromatic carbocycles. The van der Waals surface area contributed by atoms with Crippen molar-refractivity contribution in [2.75, 3.05) is 6.54 Å². The second-order valence-electron chi connectivity index (χ2n) is 8.05. The van der Waals surface area contributed by atoms with Crippen LogP contribution >= 0.6 is 11.6 Å². The number of carbonyl (C=O) groups excluding carboxylic acids is 1. The molecule has 2 aromatic rings. The van der Waals surface area contributed by atoms with Gasteiger partial charge in [-0.05, 0) is 56.7 Å². The number of nitrogens with two attached hydrogens (primary N) is 2. The Kier molecular flexibility index (Phi) is 8.74. The highest BCUT2D eigenvalue weighted by atomic mass is 35.5. The molecule has 8 nitrogen and oxygen atoms in total. The van der Waals surface area contributed by atoms with Gasteiger partial charge in [0.2, 0.25) is 5.96 Å². The zero-order valence-corrected chi connectivity index (χ0v) is 19.5. The van der Waals surface area contributed by atoms with Crippen LogP contribution in [0.15, 0.2) is 52.7 Å². The number of guanidine groups is 1. The molecule has 0 aromatic heterocycles. The van der Waals surface area contributed by atoms with Crippen LogP contribution in [0.1, 0.15) is 37.5 Å². The van der Waals surface area contributed by atoms with E-state index in [9.17, 15) is 18.0 Å². The molecule has 0 spiro atoms. The Bertz CT molecular complexity index is 1060. The van der Waals surface area contributed by atoms with E-state index in [2.05, 4.69) is 15.5 Å². The number of nitrogens with zero attached hydrogens (tertiary/aromatic N) is 2. The van der Waals surface area contributed by atoms with Crippen LogP contribution in [0.25, 0.3) is 0 Å². The van der Waals surface area contributed by atoms with Gasteiger partial charge in [-0.25, -0.2) is 4.79 Å². The standard InChI is InChI=1S/C22H25ClF3N5O3/c1-21(2,3)34-20(32)29-11-18(30-31-19(27)28)16-9-8-15(10-17(16)23)33-12-13-4-6-14(7-5-13)22(24,25)26/h4-10H,11-12H2,1-3H3,(H,29,32)(H4,27,28,31)/b30-18+. The topological polar surface area (TPSA) is 124 Å². The molecular weight excluding hydrogens is 475 g/mol. The van der Waals surface area contributed by atoms with Gasteiger partial charge < -0.3 is 26.3 Å². The van der Waals surface area contributed by atoms with Gasteiger partial charge in [0.1, 0.15) is 18.0 Å². The SMILES string of the molecule is CC(C)(C)OC(=O)NC/C(=N\N=C(N)N)c1ccc(OCc2ccc(C(F)(F)F)cc2)cc1Cl. The maximum atomic E-state index is 12.7. The van der Waals surface area contributed by atoms with Crippen molar-refractivity contribution in [1.29, 1.82) is 0 Å². The maximum absolute atomic E-state index is 12.7. The van der Waals surface area contributed by atoms with Crippen molar-refractivity contribution in [3.05, 3.63) is 64.2 Å². The number of ether oxygens (including phenoxy) is 2. The molecule has 12 heteroatoms. The average Bonchev–Trinajstić information content (AvgIpc) is 2.71. The van der Waals surface area contributed by atoms with Gasteiger partial charge in [0.25, 0.3) is 0 Å². The molecule has 0 radical (unpaired) electrons. The number of carbonyl (C=O) groups is 1. The van der Waals surface area contributed by atoms with Gasteiger partial charge in [-0.3, -0.25) is 0 Å². The number of alkyl halides is 3. The Labute approximate surface area is 199 Å². The molecule has 0 aliphatic heterocycles. The van der Waals surface area contributed by atoms with E-state index >= 15 is 0 Å². The second kappa shape index (κ2) is 11.1. The third-order valence-corrected chi connectivity index (χ3v) is 4.34. The summed E-state index contributed by atoms with van der Waals surface area (Å²) < 4.78 is 48.9. The van der Waals surface area contributed by atoms with Crippen molar-refractivity contribution >= 4 is 29.4 Å². The molecule has 0 unspecified atom stereocenters. The number of nitrogens with one attached hydrogen (secondary N) is 1. The minimum atomic E-state index is -4.40. The zero-order valence-electron chi connectivity index (χ0n) is 18.7. The molecule has 0 atom stereocenters. The van der Waals surface area contributed by atoms with Crippen molar-refractivity contribution in [3.8, 4) is 5.75 Å². The lowest BCUT2D eigenvalue weighted by atomic mass is 10.1. The molecule has 184 valence electrons. The van der Waals surface area contributed by atoms with Gasteiger partial charge in [0, 0.05) is 5.56 Å². The van der Waals surface area contributed by atoms with Crippen LogP contribution in [0.2, 0.25) is 5.02 Å². The van der Waals surface area contributed by atoms with Gasteiger partial charge in [-0.2, -0.15) is 13.2 Å². The second-order valence-corrected chi connectivity index (χ2v) is 8.46. The highest BCUT2D eigenvalue weighted by Gasteiger charge is 2.29. The van der Waals surface area contributed by atoms with Crippen LogP contribution in [-0.4, -0.2) is 29.9 Å². The number of rotatable bonds is 7. The predicted octanol–water partition coefficient (Wildman–Crippen LogP) is 4.44. The molecule has 0 saturated heterocycles. The van der Waals surface area contributed by atoms with Crippen LogP contribution in [-0.2, 0) is 17.5 Å². The molecule has 0 aliphatic rings. The Morgan fingerprint density at radius 1 is 1.06 bits per heavy atom. The van der Waals surface area contributed by atoms with E-state index in [1.54, 1.807) is 32.9 Å². The lowest BCUT2D eigenvalue weighted by molar-refractivity contribution is -0.137. The Hall–Kier alpha value is -3.47. The van der Waals surface area contributed by atoms with Crippen molar-refractivity contribution < 1.29 is 27.4 Å². The Morgan fingerprint density at radius 2 is 1.71 bits per heavy atom. The molecule has 5 N–H and O–H groups in total. The van der Waals surface area contributed by atoms with E-state index in [1.807, 2.05) is 0 Å². The summed E-state index contributed by atoms with van der Waals surface area (Å²) in [6.07, 6.45) is -5.07. The van der Waals surface area contributed by atoms with Crippen molar-refractivity contribution in [2.45, 2.75) is 39.2 Å². The molecule has 34 heavy (non-hydrogen) atoms. The summed E-state index contributed by atoms with van der Waals surface area (Å²) in [5.41, 5.74) is 10.5. The fourth-order valence-electron chi connectivity index (χ4n) is 2.55. The minimum Gasteiger partial charge on any atom is -0.489 e. The lowest BCUT2D eigenvalue weighted by Gasteiger charge is -2.20. The molecule has 0 saturated carbocycles. The smallest absolute Gasteiger partial charge is 0.416 e. The normalized spacial score (nSPS) is 12.1. The van der Waals surface area contributed by atoms with Gasteiger partial charge in [0.15, 0.2) is 0 Å². The Morgan fingerprint density at radius 3 is 2.24 bits per heavy atom. The minimum absolute atomic E-state index is 0.0307. The van der Waals surface area contributed by atoms with Gasteiger partial charge in [-0.15, -0.1) is 10.2 Å². The summed E-state index contributed by atoms with van der Waals surface area (Å²) in [4.78, 5) is 12.0. The molecule has 0 heterocycles. The van der Waals surface area contributed by atoms with E-state index in [0.29, 0.717) is 16.9 Å². The molecule has 0 fully saturated rings. The largest absolute Gasteiger partial charge is 0.489 e. The number of alkyl carbamates (subject to hydrolysis) is 1. The van der Waals surface area contributed by atoms with E-state index < -0.39 is 23.4 Å². The van der Waals surface area contributed by atoms with E-state index in [4.69, 9.17) is 32.5 Å². The first-order valence-corrected chi connectivity index (χ1v) is 10.3. The molecule has 0 aliphatic carbocycles. The summed E-state index contributed by atoms with van der Waals surface area (Å²) in [7, 11) is 0.